The van der Waals surface area contributed by atoms with Crippen LogP contribution in [0.4, 0.5) is 0 Å². The van der Waals surface area contributed by atoms with E-state index in [1.54, 1.807) is 0 Å². The molecule has 2 fully saturated rings. The summed E-state index contributed by atoms with van der Waals surface area (Å²) in [5, 5.41) is 6.96. The quantitative estimate of drug-likeness (QED) is 0.354. The van der Waals surface area contributed by atoms with Gasteiger partial charge in [-0.05, 0) is 54.4 Å². The van der Waals surface area contributed by atoms with E-state index < -0.39 is 0 Å². The maximum atomic E-state index is 12.3. The summed E-state index contributed by atoms with van der Waals surface area (Å²) in [7, 11) is 0. The molecule has 2 saturated heterocycles. The number of carbonyl (C=O) groups excluding carboxylic acids is 2. The standard InChI is InChI=1S/C26H46N2O4/c1-19-15-20(16-24(2,3)27-19)31-22(29)13-11-9-8-10-12-14-23(30)32-21-17-25(4,5)28-26(6,7)18-21/h20-21,27-28H,1,8-18H2,2-7H3. The van der Waals surface area contributed by atoms with Crippen LogP contribution in [0.25, 0.3) is 0 Å². The lowest BCUT2D eigenvalue weighted by Crippen LogP contribution is -2.59. The third-order valence-electron chi connectivity index (χ3n) is 6.24. The van der Waals surface area contributed by atoms with Crippen molar-refractivity contribution < 1.29 is 19.1 Å². The topological polar surface area (TPSA) is 76.7 Å². The minimum absolute atomic E-state index is 0.0116. The molecule has 2 aliphatic rings. The van der Waals surface area contributed by atoms with Crippen LogP contribution < -0.4 is 10.6 Å². The molecule has 184 valence electrons. The van der Waals surface area contributed by atoms with Gasteiger partial charge >= 0.3 is 11.9 Å². The van der Waals surface area contributed by atoms with Gasteiger partial charge < -0.3 is 20.1 Å². The highest BCUT2D eigenvalue weighted by Gasteiger charge is 2.39. The van der Waals surface area contributed by atoms with Gasteiger partial charge in [-0.1, -0.05) is 25.8 Å². The molecule has 0 aromatic rings. The number of piperidine rings is 2. The Labute approximate surface area is 195 Å². The number of hydrogen-bond donors (Lipinski definition) is 2. The molecule has 2 aliphatic heterocycles. The molecule has 0 saturated carbocycles. The van der Waals surface area contributed by atoms with E-state index >= 15 is 0 Å². The molecule has 2 rings (SSSR count). The van der Waals surface area contributed by atoms with Gasteiger partial charge in [0.2, 0.25) is 0 Å². The van der Waals surface area contributed by atoms with Crippen LogP contribution in [-0.2, 0) is 19.1 Å². The summed E-state index contributed by atoms with van der Waals surface area (Å²) in [4.78, 5) is 24.4. The van der Waals surface area contributed by atoms with Gasteiger partial charge in [-0.2, -0.15) is 0 Å². The summed E-state index contributed by atoms with van der Waals surface area (Å²) in [6.07, 6.45) is 8.69. The summed E-state index contributed by atoms with van der Waals surface area (Å²) >= 11 is 0. The van der Waals surface area contributed by atoms with Crippen molar-refractivity contribution in [3.05, 3.63) is 12.3 Å². The molecule has 1 atom stereocenters. The summed E-state index contributed by atoms with van der Waals surface area (Å²) in [6, 6.07) is 0. The largest absolute Gasteiger partial charge is 0.462 e. The highest BCUT2D eigenvalue weighted by atomic mass is 16.5. The predicted molar refractivity (Wildman–Crippen MR) is 128 cm³/mol. The highest BCUT2D eigenvalue weighted by molar-refractivity contribution is 5.70. The van der Waals surface area contributed by atoms with E-state index in [-0.39, 0.29) is 40.8 Å². The molecule has 6 heteroatoms. The Morgan fingerprint density at radius 3 is 1.72 bits per heavy atom. The Morgan fingerprint density at radius 1 is 0.781 bits per heavy atom. The van der Waals surface area contributed by atoms with E-state index in [1.807, 2.05) is 0 Å². The average Bonchev–Trinajstić information content (AvgIpc) is 2.55. The molecule has 0 aromatic heterocycles. The van der Waals surface area contributed by atoms with Crippen molar-refractivity contribution in [3.63, 3.8) is 0 Å². The van der Waals surface area contributed by atoms with Gasteiger partial charge in [-0.25, -0.2) is 0 Å². The SMILES string of the molecule is C=C1CC(OC(=O)CCCCCCCC(=O)OC2CC(C)(C)NC(C)(C)C2)CC(C)(C)N1. The fraction of sp³-hybridized carbons (Fsp3) is 0.846. The molecular weight excluding hydrogens is 404 g/mol. The third kappa shape index (κ3) is 9.93. The number of hydrogen-bond acceptors (Lipinski definition) is 6. The Morgan fingerprint density at radius 2 is 1.22 bits per heavy atom. The van der Waals surface area contributed by atoms with Crippen LogP contribution in [0.5, 0.6) is 0 Å². The van der Waals surface area contributed by atoms with Crippen LogP contribution in [0.3, 0.4) is 0 Å². The fourth-order valence-corrected chi connectivity index (χ4v) is 5.45. The van der Waals surface area contributed by atoms with Gasteiger partial charge in [0.25, 0.3) is 0 Å². The molecular formula is C26H46N2O4. The first-order valence-corrected chi connectivity index (χ1v) is 12.4. The predicted octanol–water partition coefficient (Wildman–Crippen LogP) is 5.16. The lowest BCUT2D eigenvalue weighted by atomic mass is 9.81. The molecule has 0 radical (unpaired) electrons. The van der Waals surface area contributed by atoms with Crippen molar-refractivity contribution in [3.8, 4) is 0 Å². The van der Waals surface area contributed by atoms with Crippen LogP contribution >= 0.6 is 0 Å². The van der Waals surface area contributed by atoms with E-state index in [0.717, 1.165) is 57.1 Å². The Balaban J connectivity index is 1.52. The summed E-state index contributed by atoms with van der Waals surface area (Å²) in [5.41, 5.74) is 0.810. The second-order valence-corrected chi connectivity index (χ2v) is 11.8. The van der Waals surface area contributed by atoms with Crippen LogP contribution in [0.15, 0.2) is 12.3 Å². The monoisotopic (exact) mass is 450 g/mol. The fourth-order valence-electron chi connectivity index (χ4n) is 5.45. The first-order chi connectivity index (χ1) is 14.8. The van der Waals surface area contributed by atoms with Crippen molar-refractivity contribution in [1.82, 2.24) is 10.6 Å². The van der Waals surface area contributed by atoms with Gasteiger partial charge in [-0.15, -0.1) is 0 Å². The average molecular weight is 451 g/mol. The number of rotatable bonds is 10. The number of unbranched alkanes of at least 4 members (excludes halogenated alkanes) is 4. The second kappa shape index (κ2) is 11.0. The van der Waals surface area contributed by atoms with Gasteiger partial charge in [0.15, 0.2) is 0 Å². The van der Waals surface area contributed by atoms with Crippen molar-refractivity contribution in [1.29, 1.82) is 0 Å². The molecule has 1 unspecified atom stereocenters. The normalized spacial score (nSPS) is 24.4. The molecule has 0 amide bonds. The van der Waals surface area contributed by atoms with E-state index in [2.05, 4.69) is 58.8 Å². The Hall–Kier alpha value is -1.56. The summed E-state index contributed by atoms with van der Waals surface area (Å²) in [5.74, 6) is -0.199. The van der Waals surface area contributed by atoms with E-state index in [1.165, 1.54) is 0 Å². The molecule has 0 bridgehead atoms. The van der Waals surface area contributed by atoms with Gasteiger partial charge in [0, 0.05) is 60.8 Å². The van der Waals surface area contributed by atoms with Crippen LogP contribution in [0.1, 0.15) is 112 Å². The maximum Gasteiger partial charge on any atom is 0.306 e. The molecule has 2 N–H and O–H groups in total. The lowest BCUT2D eigenvalue weighted by molar-refractivity contribution is -0.153. The molecule has 32 heavy (non-hydrogen) atoms. The van der Waals surface area contributed by atoms with E-state index in [4.69, 9.17) is 9.47 Å². The zero-order chi connectivity index (χ0) is 24.0. The van der Waals surface area contributed by atoms with E-state index in [9.17, 15) is 9.59 Å². The zero-order valence-electron chi connectivity index (χ0n) is 21.3. The minimum Gasteiger partial charge on any atom is -0.462 e. The van der Waals surface area contributed by atoms with Crippen LogP contribution in [0.2, 0.25) is 0 Å². The Bertz CT molecular complexity index is 653. The van der Waals surface area contributed by atoms with Crippen molar-refractivity contribution in [2.45, 2.75) is 141 Å². The molecule has 0 aromatic carbocycles. The molecule has 6 nitrogen and oxygen atoms in total. The molecule has 0 spiro atoms. The lowest BCUT2D eigenvalue weighted by Gasteiger charge is -2.45. The molecule has 2 heterocycles. The van der Waals surface area contributed by atoms with Crippen molar-refractivity contribution in [2.24, 2.45) is 0 Å². The van der Waals surface area contributed by atoms with E-state index in [0.29, 0.717) is 19.3 Å². The number of nitrogens with one attached hydrogen (secondary N) is 2. The first-order valence-electron chi connectivity index (χ1n) is 12.4. The van der Waals surface area contributed by atoms with Gasteiger partial charge in [0.1, 0.15) is 12.2 Å². The smallest absolute Gasteiger partial charge is 0.306 e. The summed E-state index contributed by atoms with van der Waals surface area (Å²) in [6.45, 7) is 16.8. The highest BCUT2D eigenvalue weighted by Crippen LogP contribution is 2.30. The summed E-state index contributed by atoms with van der Waals surface area (Å²) < 4.78 is 11.4. The van der Waals surface area contributed by atoms with Gasteiger partial charge in [-0.3, -0.25) is 9.59 Å². The number of carbonyl (C=O) groups is 2. The van der Waals surface area contributed by atoms with Crippen molar-refractivity contribution in [2.75, 3.05) is 0 Å². The van der Waals surface area contributed by atoms with Crippen LogP contribution in [0, 0.1) is 0 Å². The molecule has 0 aliphatic carbocycles. The zero-order valence-corrected chi connectivity index (χ0v) is 21.3. The Kier molecular flexibility index (Phi) is 9.21. The number of esters is 2. The minimum atomic E-state index is -0.114. The van der Waals surface area contributed by atoms with Crippen LogP contribution in [-0.4, -0.2) is 40.8 Å². The second-order valence-electron chi connectivity index (χ2n) is 11.8. The number of ether oxygens (including phenoxy) is 2. The third-order valence-corrected chi connectivity index (χ3v) is 6.24. The maximum absolute atomic E-state index is 12.3. The first kappa shape index (κ1) is 26.7. The van der Waals surface area contributed by atoms with Crippen molar-refractivity contribution >= 4 is 11.9 Å². The van der Waals surface area contributed by atoms with Gasteiger partial charge in [0.05, 0.1) is 0 Å².